The van der Waals surface area contributed by atoms with Gasteiger partial charge >= 0.3 is 5.97 Å². The van der Waals surface area contributed by atoms with Crippen molar-refractivity contribution in [3.05, 3.63) is 66.0 Å². The van der Waals surface area contributed by atoms with Gasteiger partial charge in [0, 0.05) is 25.8 Å². The number of pyridine rings is 1. The van der Waals surface area contributed by atoms with Crippen LogP contribution in [-0.2, 0) is 22.6 Å². The van der Waals surface area contributed by atoms with Gasteiger partial charge in [0.2, 0.25) is 5.91 Å². The molecule has 6 heteroatoms. The molecule has 6 nitrogen and oxygen atoms in total. The quantitative estimate of drug-likeness (QED) is 0.782. The molecule has 2 N–H and O–H groups in total. The summed E-state index contributed by atoms with van der Waals surface area (Å²) in [5, 5.41) is 12.4. The van der Waals surface area contributed by atoms with Crippen molar-refractivity contribution >= 4 is 11.9 Å². The highest BCUT2D eigenvalue weighted by molar-refractivity contribution is 5.80. The summed E-state index contributed by atoms with van der Waals surface area (Å²) in [5.41, 5.74) is 2.00. The molecule has 2 heterocycles. The number of piperidine rings is 1. The molecule has 2 aromatic rings. The van der Waals surface area contributed by atoms with Crippen LogP contribution in [0.2, 0.25) is 0 Å². The normalized spacial score (nSPS) is 20.1. The molecule has 0 saturated carbocycles. The highest BCUT2D eigenvalue weighted by atomic mass is 16.4. The lowest BCUT2D eigenvalue weighted by Gasteiger charge is -2.35. The maximum atomic E-state index is 12.6. The second-order valence-corrected chi connectivity index (χ2v) is 7.00. The smallest absolute Gasteiger partial charge is 0.307 e. The first-order valence-corrected chi connectivity index (χ1v) is 9.28. The van der Waals surface area contributed by atoms with Gasteiger partial charge in [-0.3, -0.25) is 14.6 Å². The maximum absolute atomic E-state index is 12.6. The van der Waals surface area contributed by atoms with E-state index in [4.69, 9.17) is 0 Å². The molecule has 1 aromatic carbocycles. The lowest BCUT2D eigenvalue weighted by Crippen LogP contribution is -2.48. The summed E-state index contributed by atoms with van der Waals surface area (Å²) in [6.07, 6.45) is 2.91. The Morgan fingerprint density at radius 1 is 1.07 bits per heavy atom. The van der Waals surface area contributed by atoms with Gasteiger partial charge in [-0.15, -0.1) is 0 Å². The molecule has 1 aliphatic rings. The van der Waals surface area contributed by atoms with E-state index in [1.807, 2.05) is 36.4 Å². The molecule has 1 saturated heterocycles. The fourth-order valence-corrected chi connectivity index (χ4v) is 3.50. The topological polar surface area (TPSA) is 82.5 Å². The molecule has 1 aliphatic heterocycles. The Morgan fingerprint density at radius 2 is 1.81 bits per heavy atom. The minimum Gasteiger partial charge on any atom is -0.481 e. The number of carbonyl (C=O) groups is 2. The number of aromatic nitrogens is 1. The van der Waals surface area contributed by atoms with Crippen molar-refractivity contribution in [3.8, 4) is 0 Å². The molecule has 27 heavy (non-hydrogen) atoms. The van der Waals surface area contributed by atoms with E-state index < -0.39 is 11.9 Å². The molecule has 0 unspecified atom stereocenters. The largest absolute Gasteiger partial charge is 0.481 e. The number of nitrogens with zero attached hydrogens (tertiary/aromatic N) is 2. The van der Waals surface area contributed by atoms with Crippen LogP contribution in [0.1, 0.15) is 17.7 Å². The predicted molar refractivity (Wildman–Crippen MR) is 102 cm³/mol. The fraction of sp³-hybridized carbons (Fsp3) is 0.381. The number of carboxylic acids is 1. The SMILES string of the molecule is O=C(O)[C@H]1C[C@@H](C(=O)NCc2ccccn2)CN(CCc2ccccc2)C1. The van der Waals surface area contributed by atoms with Gasteiger partial charge in [-0.2, -0.15) is 0 Å². The standard InChI is InChI=1S/C21H25N3O3/c25-20(23-13-19-8-4-5-10-22-19)17-12-18(21(26)27)15-24(14-17)11-9-16-6-2-1-3-7-16/h1-8,10,17-18H,9,11-15H2,(H,23,25)(H,26,27)/t17-,18+/m1/s1. The lowest BCUT2D eigenvalue weighted by atomic mass is 9.88. The zero-order chi connectivity index (χ0) is 19.1. The van der Waals surface area contributed by atoms with Crippen LogP contribution < -0.4 is 5.32 Å². The number of benzene rings is 1. The van der Waals surface area contributed by atoms with Gasteiger partial charge in [0.1, 0.15) is 0 Å². The molecule has 0 aliphatic carbocycles. The van der Waals surface area contributed by atoms with Crippen LogP contribution in [-0.4, -0.2) is 46.5 Å². The number of nitrogens with one attached hydrogen (secondary N) is 1. The summed E-state index contributed by atoms with van der Waals surface area (Å²) in [5.74, 6) is -1.77. The summed E-state index contributed by atoms with van der Waals surface area (Å²) in [6, 6.07) is 15.7. The summed E-state index contributed by atoms with van der Waals surface area (Å²) < 4.78 is 0. The first-order chi connectivity index (χ1) is 13.1. The Bertz CT molecular complexity index is 752. The Labute approximate surface area is 159 Å². The van der Waals surface area contributed by atoms with E-state index >= 15 is 0 Å². The van der Waals surface area contributed by atoms with Gasteiger partial charge in [0.15, 0.2) is 0 Å². The zero-order valence-corrected chi connectivity index (χ0v) is 15.3. The lowest BCUT2D eigenvalue weighted by molar-refractivity contribution is -0.145. The molecule has 3 rings (SSSR count). The first kappa shape index (κ1) is 19.0. The number of aliphatic carboxylic acids is 1. The monoisotopic (exact) mass is 367 g/mol. The highest BCUT2D eigenvalue weighted by Gasteiger charge is 2.34. The number of hydrogen-bond donors (Lipinski definition) is 2. The second kappa shape index (κ2) is 9.28. The average Bonchev–Trinajstić information content (AvgIpc) is 2.71. The van der Waals surface area contributed by atoms with Crippen LogP contribution >= 0.6 is 0 Å². The fourth-order valence-electron chi connectivity index (χ4n) is 3.50. The third-order valence-corrected chi connectivity index (χ3v) is 4.98. The van der Waals surface area contributed by atoms with Crippen LogP contribution in [0.4, 0.5) is 0 Å². The zero-order valence-electron chi connectivity index (χ0n) is 15.3. The Hall–Kier alpha value is -2.73. The molecular weight excluding hydrogens is 342 g/mol. The third-order valence-electron chi connectivity index (χ3n) is 4.98. The number of amides is 1. The van der Waals surface area contributed by atoms with Gasteiger partial charge < -0.3 is 15.3 Å². The molecule has 1 aromatic heterocycles. The molecule has 142 valence electrons. The summed E-state index contributed by atoms with van der Waals surface area (Å²) >= 11 is 0. The van der Waals surface area contributed by atoms with Crippen molar-refractivity contribution in [2.24, 2.45) is 11.8 Å². The van der Waals surface area contributed by atoms with Crippen molar-refractivity contribution in [2.45, 2.75) is 19.4 Å². The van der Waals surface area contributed by atoms with Crippen molar-refractivity contribution in [1.29, 1.82) is 0 Å². The second-order valence-electron chi connectivity index (χ2n) is 7.00. The minimum atomic E-state index is -0.832. The number of carboxylic acid groups (broad SMARTS) is 1. The number of hydrogen-bond acceptors (Lipinski definition) is 4. The van der Waals surface area contributed by atoms with Gasteiger partial charge in [-0.25, -0.2) is 0 Å². The van der Waals surface area contributed by atoms with Crippen molar-refractivity contribution in [1.82, 2.24) is 15.2 Å². The van der Waals surface area contributed by atoms with Crippen LogP contribution in [0.3, 0.4) is 0 Å². The van der Waals surface area contributed by atoms with Gasteiger partial charge in [-0.05, 0) is 30.5 Å². The van der Waals surface area contributed by atoms with Crippen LogP contribution in [0.15, 0.2) is 54.7 Å². The molecular formula is C21H25N3O3. The Morgan fingerprint density at radius 3 is 2.52 bits per heavy atom. The molecule has 0 radical (unpaired) electrons. The number of carbonyl (C=O) groups excluding carboxylic acids is 1. The summed E-state index contributed by atoms with van der Waals surface area (Å²) in [7, 11) is 0. The van der Waals surface area contributed by atoms with Gasteiger partial charge in [0.05, 0.1) is 24.1 Å². The van der Waals surface area contributed by atoms with E-state index in [1.165, 1.54) is 5.56 Å². The van der Waals surface area contributed by atoms with E-state index in [0.717, 1.165) is 18.7 Å². The maximum Gasteiger partial charge on any atom is 0.307 e. The highest BCUT2D eigenvalue weighted by Crippen LogP contribution is 2.23. The Balaban J connectivity index is 1.58. The van der Waals surface area contributed by atoms with E-state index in [2.05, 4.69) is 27.3 Å². The van der Waals surface area contributed by atoms with E-state index in [-0.39, 0.29) is 11.8 Å². The van der Waals surface area contributed by atoms with Crippen LogP contribution in [0, 0.1) is 11.8 Å². The number of rotatable bonds is 7. The summed E-state index contributed by atoms with van der Waals surface area (Å²) in [4.78, 5) is 30.4. The molecule has 2 atom stereocenters. The molecule has 1 fully saturated rings. The first-order valence-electron chi connectivity index (χ1n) is 9.28. The van der Waals surface area contributed by atoms with Crippen molar-refractivity contribution in [3.63, 3.8) is 0 Å². The average molecular weight is 367 g/mol. The van der Waals surface area contributed by atoms with Gasteiger partial charge in [-0.1, -0.05) is 36.4 Å². The van der Waals surface area contributed by atoms with Crippen molar-refractivity contribution < 1.29 is 14.7 Å². The van der Waals surface area contributed by atoms with Crippen LogP contribution in [0.5, 0.6) is 0 Å². The van der Waals surface area contributed by atoms with Gasteiger partial charge in [0.25, 0.3) is 0 Å². The van der Waals surface area contributed by atoms with E-state index in [1.54, 1.807) is 6.20 Å². The Kier molecular flexibility index (Phi) is 6.54. The molecule has 1 amide bonds. The summed E-state index contributed by atoms with van der Waals surface area (Å²) in [6.45, 7) is 2.19. The third kappa shape index (κ3) is 5.62. The molecule has 0 bridgehead atoms. The van der Waals surface area contributed by atoms with Crippen molar-refractivity contribution in [2.75, 3.05) is 19.6 Å². The number of likely N-dealkylation sites (tertiary alicyclic amines) is 1. The van der Waals surface area contributed by atoms with E-state index in [9.17, 15) is 14.7 Å². The van der Waals surface area contributed by atoms with E-state index in [0.29, 0.717) is 26.1 Å². The van der Waals surface area contributed by atoms with Crippen LogP contribution in [0.25, 0.3) is 0 Å². The minimum absolute atomic E-state index is 0.101. The predicted octanol–water partition coefficient (Wildman–Crippen LogP) is 1.96. The molecule has 0 spiro atoms.